The van der Waals surface area contributed by atoms with Crippen LogP contribution < -0.4 is 0 Å². The first kappa shape index (κ1) is 20.9. The van der Waals surface area contributed by atoms with Crippen molar-refractivity contribution in [1.29, 1.82) is 0 Å². The molecule has 0 atom stereocenters. The van der Waals surface area contributed by atoms with Gasteiger partial charge in [-0.3, -0.25) is 0 Å². The van der Waals surface area contributed by atoms with Crippen molar-refractivity contribution in [3.8, 4) is 0 Å². The summed E-state index contributed by atoms with van der Waals surface area (Å²) in [4.78, 5) is 21.4. The Morgan fingerprint density at radius 1 is 1.20 bits per heavy atom. The van der Waals surface area contributed by atoms with Crippen LogP contribution in [0.15, 0.2) is 24.8 Å². The van der Waals surface area contributed by atoms with Crippen molar-refractivity contribution in [3.63, 3.8) is 0 Å². The maximum atomic E-state index is 10.8. The van der Waals surface area contributed by atoms with Gasteiger partial charge in [-0.25, -0.2) is 9.59 Å². The Bertz CT molecular complexity index is 357. The molecular weight excluding hydrogens is 272 g/mol. The van der Waals surface area contributed by atoms with Gasteiger partial charge in [0.2, 0.25) is 0 Å². The van der Waals surface area contributed by atoms with E-state index in [9.17, 15) is 9.59 Å². The molecule has 0 fully saturated rings. The summed E-state index contributed by atoms with van der Waals surface area (Å²) < 4.78 is 9.82. The van der Waals surface area contributed by atoms with Crippen molar-refractivity contribution in [1.82, 2.24) is 0 Å². The molecule has 0 aromatic heterocycles. The molecule has 5 heteroatoms. The molecule has 0 amide bonds. The monoisotopic (exact) mass is 300 g/mol. The highest BCUT2D eigenvalue weighted by atomic mass is 28.3. The summed E-state index contributed by atoms with van der Waals surface area (Å²) in [5.74, 6) is -0.644. The molecule has 0 bridgehead atoms. The van der Waals surface area contributed by atoms with Crippen molar-refractivity contribution in [2.75, 3.05) is 6.23 Å². The van der Waals surface area contributed by atoms with Gasteiger partial charge in [-0.05, 0) is 27.7 Å². The third-order valence-corrected chi connectivity index (χ3v) is 2.57. The standard InChI is InChI=1S/C8H14O2.C7H14O2Si/c1-6(2)7(9)10-8(3,4)5;1-5-7(8)9-6-10(2,3)4/h1H2,2-5H3;5H,1,6H2,2-4H3. The lowest BCUT2D eigenvalue weighted by Crippen LogP contribution is -2.29. The molecule has 0 aromatic rings. The van der Waals surface area contributed by atoms with Gasteiger partial charge in [-0.1, -0.05) is 32.8 Å². The predicted molar refractivity (Wildman–Crippen MR) is 85.2 cm³/mol. The zero-order chi connectivity index (χ0) is 16.6. The number of rotatable bonds is 4. The Balaban J connectivity index is 0. The summed E-state index contributed by atoms with van der Waals surface area (Å²) in [6.45, 7) is 20.3. The van der Waals surface area contributed by atoms with E-state index >= 15 is 0 Å². The van der Waals surface area contributed by atoms with Gasteiger partial charge in [-0.2, -0.15) is 0 Å². The van der Waals surface area contributed by atoms with Crippen LogP contribution >= 0.6 is 0 Å². The smallest absolute Gasteiger partial charge is 0.333 e. The Morgan fingerprint density at radius 3 is 1.85 bits per heavy atom. The molecule has 0 saturated carbocycles. The Morgan fingerprint density at radius 2 is 1.65 bits per heavy atom. The molecule has 0 aromatic carbocycles. The lowest BCUT2D eigenvalue weighted by Gasteiger charge is -2.19. The molecule has 4 nitrogen and oxygen atoms in total. The van der Waals surface area contributed by atoms with E-state index in [1.165, 1.54) is 6.08 Å². The molecule has 116 valence electrons. The van der Waals surface area contributed by atoms with Crippen LogP contribution in [0, 0.1) is 0 Å². The number of esters is 2. The van der Waals surface area contributed by atoms with Crippen LogP contribution in [0.5, 0.6) is 0 Å². The molecule has 0 unspecified atom stereocenters. The van der Waals surface area contributed by atoms with Crippen LogP contribution in [0.3, 0.4) is 0 Å². The number of hydrogen-bond acceptors (Lipinski definition) is 4. The van der Waals surface area contributed by atoms with E-state index in [2.05, 4.69) is 32.8 Å². The summed E-state index contributed by atoms with van der Waals surface area (Å²) >= 11 is 0. The summed E-state index contributed by atoms with van der Waals surface area (Å²) in [5.41, 5.74) is 0.0330. The van der Waals surface area contributed by atoms with Crippen LogP contribution in [0.4, 0.5) is 0 Å². The number of ether oxygens (including phenoxy) is 2. The van der Waals surface area contributed by atoms with Gasteiger partial charge in [0.05, 0.1) is 14.3 Å². The summed E-state index contributed by atoms with van der Waals surface area (Å²) in [6.07, 6.45) is 1.78. The normalized spacial score (nSPS) is 10.8. The third kappa shape index (κ3) is 16.6. The zero-order valence-corrected chi connectivity index (χ0v) is 14.8. The zero-order valence-electron chi connectivity index (χ0n) is 13.8. The molecule has 0 rings (SSSR count). The fraction of sp³-hybridized carbons (Fsp3) is 0.600. The molecule has 0 aliphatic carbocycles. The highest BCUT2D eigenvalue weighted by molar-refractivity contribution is 6.76. The van der Waals surface area contributed by atoms with Gasteiger partial charge in [0, 0.05) is 11.6 Å². The largest absolute Gasteiger partial charge is 0.466 e. The van der Waals surface area contributed by atoms with E-state index in [-0.39, 0.29) is 11.9 Å². The van der Waals surface area contributed by atoms with Crippen LogP contribution in [-0.2, 0) is 19.1 Å². The SMILES string of the molecule is C=C(C)C(=O)OC(C)(C)C.C=CC(=O)OC[Si](C)(C)C. The van der Waals surface area contributed by atoms with E-state index in [0.717, 1.165) is 0 Å². The number of carbonyl (C=O) groups excluding carboxylic acids is 2. The van der Waals surface area contributed by atoms with E-state index < -0.39 is 13.7 Å². The van der Waals surface area contributed by atoms with Crippen molar-refractivity contribution < 1.29 is 19.1 Å². The van der Waals surface area contributed by atoms with Gasteiger partial charge in [-0.15, -0.1) is 0 Å². The first-order valence-corrected chi connectivity index (χ1v) is 10.2. The second-order valence-electron chi connectivity index (χ2n) is 6.65. The van der Waals surface area contributed by atoms with Crippen molar-refractivity contribution in [2.45, 2.75) is 52.9 Å². The average molecular weight is 300 g/mol. The minimum atomic E-state index is -1.23. The minimum Gasteiger partial charge on any atom is -0.466 e. The molecule has 0 N–H and O–H groups in total. The van der Waals surface area contributed by atoms with E-state index in [1.54, 1.807) is 6.92 Å². The van der Waals surface area contributed by atoms with Gasteiger partial charge < -0.3 is 9.47 Å². The highest BCUT2D eigenvalue weighted by Crippen LogP contribution is 2.09. The quantitative estimate of drug-likeness (QED) is 0.453. The maximum absolute atomic E-state index is 10.8. The lowest BCUT2D eigenvalue weighted by molar-refractivity contribution is -0.149. The van der Waals surface area contributed by atoms with E-state index in [0.29, 0.717) is 11.8 Å². The van der Waals surface area contributed by atoms with E-state index in [4.69, 9.17) is 9.47 Å². The molecule has 20 heavy (non-hydrogen) atoms. The van der Waals surface area contributed by atoms with Gasteiger partial charge in [0.25, 0.3) is 0 Å². The van der Waals surface area contributed by atoms with Gasteiger partial charge in [0.15, 0.2) is 0 Å². The van der Waals surface area contributed by atoms with Gasteiger partial charge in [0.1, 0.15) is 5.60 Å². The summed E-state index contributed by atoms with van der Waals surface area (Å²) in [7, 11) is -1.23. The first-order chi connectivity index (χ1) is 8.78. The molecule has 0 aliphatic rings. The van der Waals surface area contributed by atoms with Crippen LogP contribution in [0.2, 0.25) is 19.6 Å². The molecule has 0 saturated heterocycles. The predicted octanol–water partition coefficient (Wildman–Crippen LogP) is 3.50. The lowest BCUT2D eigenvalue weighted by atomic mass is 10.2. The minimum absolute atomic E-state index is 0.317. The van der Waals surface area contributed by atoms with E-state index in [1.807, 2.05) is 20.8 Å². The van der Waals surface area contributed by atoms with Crippen LogP contribution in [0.1, 0.15) is 27.7 Å². The average Bonchev–Trinajstić information content (AvgIpc) is 2.23. The van der Waals surface area contributed by atoms with Crippen LogP contribution in [-0.4, -0.2) is 31.8 Å². The number of hydrogen-bond donors (Lipinski definition) is 0. The molecular formula is C15H28O4Si. The van der Waals surface area contributed by atoms with Crippen LogP contribution in [0.25, 0.3) is 0 Å². The fourth-order valence-electron chi connectivity index (χ4n) is 0.712. The van der Waals surface area contributed by atoms with Crippen molar-refractivity contribution in [3.05, 3.63) is 24.8 Å². The Hall–Kier alpha value is -1.36. The number of carbonyl (C=O) groups is 2. The summed E-state index contributed by atoms with van der Waals surface area (Å²) in [6, 6.07) is 0. The molecule has 0 radical (unpaired) electrons. The highest BCUT2D eigenvalue weighted by Gasteiger charge is 2.16. The van der Waals surface area contributed by atoms with Crippen molar-refractivity contribution >= 4 is 20.0 Å². The second-order valence-corrected chi connectivity index (χ2v) is 12.1. The van der Waals surface area contributed by atoms with Gasteiger partial charge >= 0.3 is 11.9 Å². The summed E-state index contributed by atoms with van der Waals surface area (Å²) in [5, 5.41) is 0. The first-order valence-electron chi connectivity index (χ1n) is 6.46. The Labute approximate surface area is 123 Å². The molecule has 0 heterocycles. The Kier molecular flexibility index (Phi) is 9.15. The third-order valence-electron chi connectivity index (χ3n) is 1.56. The molecule has 0 spiro atoms. The fourth-order valence-corrected chi connectivity index (χ4v) is 1.29. The molecule has 0 aliphatic heterocycles. The second kappa shape index (κ2) is 8.74. The van der Waals surface area contributed by atoms with Crippen molar-refractivity contribution in [2.24, 2.45) is 0 Å². The maximum Gasteiger partial charge on any atom is 0.333 e. The topological polar surface area (TPSA) is 52.6 Å².